The predicted molar refractivity (Wildman–Crippen MR) is 55.6 cm³/mol. The number of aliphatic carboxylic acids is 1. The summed E-state index contributed by atoms with van der Waals surface area (Å²) in [5.41, 5.74) is 0. The molecule has 0 saturated carbocycles. The number of hydrogen-bond donors (Lipinski definition) is 3. The summed E-state index contributed by atoms with van der Waals surface area (Å²) in [5.74, 6) is -2.38. The van der Waals surface area contributed by atoms with E-state index in [0.717, 1.165) is 13.2 Å². The standard InChI is InChI=1S/C8H15NO6S/c1-4(10)6(8(12)13)9-7(11)5(2)16(3,14)15/h4-6,10H,1-3H3,(H,9,11)(H,12,13). The van der Waals surface area contributed by atoms with E-state index < -0.39 is 39.1 Å². The zero-order chi connectivity index (χ0) is 13.1. The van der Waals surface area contributed by atoms with Crippen molar-refractivity contribution in [2.45, 2.75) is 31.2 Å². The Morgan fingerprint density at radius 1 is 1.25 bits per heavy atom. The first-order valence-corrected chi connectivity index (χ1v) is 6.43. The van der Waals surface area contributed by atoms with E-state index in [0.29, 0.717) is 0 Å². The van der Waals surface area contributed by atoms with Crippen LogP contribution in [0, 0.1) is 0 Å². The monoisotopic (exact) mass is 253 g/mol. The Balaban J connectivity index is 4.73. The summed E-state index contributed by atoms with van der Waals surface area (Å²) in [4.78, 5) is 22.0. The van der Waals surface area contributed by atoms with Gasteiger partial charge in [0.25, 0.3) is 0 Å². The Morgan fingerprint density at radius 2 is 1.69 bits per heavy atom. The maximum Gasteiger partial charge on any atom is 0.328 e. The lowest BCUT2D eigenvalue weighted by atomic mass is 10.2. The van der Waals surface area contributed by atoms with Crippen LogP contribution in [0.2, 0.25) is 0 Å². The first kappa shape index (κ1) is 14.8. The molecular formula is C8H15NO6S. The molecule has 3 unspecified atom stereocenters. The van der Waals surface area contributed by atoms with E-state index in [1.54, 1.807) is 0 Å². The van der Waals surface area contributed by atoms with Crippen molar-refractivity contribution in [3.63, 3.8) is 0 Å². The number of rotatable bonds is 5. The van der Waals surface area contributed by atoms with Gasteiger partial charge in [-0.1, -0.05) is 0 Å². The molecule has 3 atom stereocenters. The Morgan fingerprint density at radius 3 is 1.94 bits per heavy atom. The molecule has 0 radical (unpaired) electrons. The fourth-order valence-corrected chi connectivity index (χ4v) is 1.31. The molecule has 0 spiro atoms. The number of carboxylic acid groups (broad SMARTS) is 1. The molecule has 1 amide bonds. The van der Waals surface area contributed by atoms with E-state index in [1.165, 1.54) is 6.92 Å². The highest BCUT2D eigenvalue weighted by atomic mass is 32.2. The molecule has 3 N–H and O–H groups in total. The molecule has 0 bridgehead atoms. The van der Waals surface area contributed by atoms with Gasteiger partial charge in [-0.25, -0.2) is 13.2 Å². The van der Waals surface area contributed by atoms with Gasteiger partial charge in [0.05, 0.1) is 6.10 Å². The summed E-state index contributed by atoms with van der Waals surface area (Å²) >= 11 is 0. The Bertz CT molecular complexity index is 374. The van der Waals surface area contributed by atoms with Crippen LogP contribution in [-0.4, -0.2) is 54.2 Å². The van der Waals surface area contributed by atoms with E-state index in [2.05, 4.69) is 0 Å². The van der Waals surface area contributed by atoms with Crippen LogP contribution >= 0.6 is 0 Å². The van der Waals surface area contributed by atoms with Crippen molar-refractivity contribution < 1.29 is 28.2 Å². The average Bonchev–Trinajstić information content (AvgIpc) is 2.09. The third-order valence-electron chi connectivity index (χ3n) is 2.06. The number of carbonyl (C=O) groups is 2. The molecule has 16 heavy (non-hydrogen) atoms. The van der Waals surface area contributed by atoms with E-state index in [1.807, 2.05) is 5.32 Å². The average molecular weight is 253 g/mol. The van der Waals surface area contributed by atoms with Crippen molar-refractivity contribution in [2.75, 3.05) is 6.26 Å². The second kappa shape index (κ2) is 5.26. The maximum absolute atomic E-state index is 11.3. The Kier molecular flexibility index (Phi) is 4.88. The van der Waals surface area contributed by atoms with Crippen molar-refractivity contribution in [2.24, 2.45) is 0 Å². The van der Waals surface area contributed by atoms with Crippen LogP contribution in [0.4, 0.5) is 0 Å². The number of aliphatic hydroxyl groups excluding tert-OH is 1. The number of sulfone groups is 1. The van der Waals surface area contributed by atoms with Crippen molar-refractivity contribution in [1.82, 2.24) is 5.32 Å². The van der Waals surface area contributed by atoms with Gasteiger partial charge in [0.2, 0.25) is 5.91 Å². The second-order valence-corrected chi connectivity index (χ2v) is 5.90. The van der Waals surface area contributed by atoms with Crippen molar-refractivity contribution in [3.05, 3.63) is 0 Å². The van der Waals surface area contributed by atoms with Gasteiger partial charge in [-0.05, 0) is 13.8 Å². The summed E-state index contributed by atoms with van der Waals surface area (Å²) in [7, 11) is -3.59. The maximum atomic E-state index is 11.3. The largest absolute Gasteiger partial charge is 0.480 e. The zero-order valence-electron chi connectivity index (χ0n) is 9.17. The van der Waals surface area contributed by atoms with Gasteiger partial charge >= 0.3 is 5.97 Å². The Hall–Kier alpha value is -1.15. The highest BCUT2D eigenvalue weighted by Crippen LogP contribution is 2.00. The molecule has 0 aliphatic carbocycles. The molecule has 0 aliphatic heterocycles. The van der Waals surface area contributed by atoms with Gasteiger partial charge in [0.15, 0.2) is 15.9 Å². The molecule has 0 rings (SSSR count). The summed E-state index contributed by atoms with van der Waals surface area (Å²) < 4.78 is 22.0. The van der Waals surface area contributed by atoms with Crippen LogP contribution in [0.15, 0.2) is 0 Å². The zero-order valence-corrected chi connectivity index (χ0v) is 9.98. The number of amides is 1. The molecule has 0 aromatic heterocycles. The third-order valence-corrected chi connectivity index (χ3v) is 3.56. The van der Waals surface area contributed by atoms with E-state index in [9.17, 15) is 18.0 Å². The van der Waals surface area contributed by atoms with Gasteiger partial charge in [0, 0.05) is 6.26 Å². The minimum atomic E-state index is -3.59. The molecule has 0 aliphatic rings. The number of nitrogens with one attached hydrogen (secondary N) is 1. The number of hydrogen-bond acceptors (Lipinski definition) is 5. The third kappa shape index (κ3) is 4.15. The first-order chi connectivity index (χ1) is 7.07. The van der Waals surface area contributed by atoms with Gasteiger partial charge in [-0.2, -0.15) is 0 Å². The number of aliphatic hydroxyl groups is 1. The van der Waals surface area contributed by atoms with Crippen molar-refractivity contribution in [1.29, 1.82) is 0 Å². The Labute approximate surface area is 93.4 Å². The van der Waals surface area contributed by atoms with Gasteiger partial charge in [-0.3, -0.25) is 4.79 Å². The highest BCUT2D eigenvalue weighted by Gasteiger charge is 2.30. The first-order valence-electron chi connectivity index (χ1n) is 4.47. The quantitative estimate of drug-likeness (QED) is 0.541. The SMILES string of the molecule is CC(O)C(NC(=O)C(C)S(C)(=O)=O)C(=O)O. The van der Waals surface area contributed by atoms with Crippen LogP contribution < -0.4 is 5.32 Å². The summed E-state index contributed by atoms with van der Waals surface area (Å²) in [6, 6.07) is -1.52. The van der Waals surface area contributed by atoms with Crippen LogP contribution in [0.3, 0.4) is 0 Å². The van der Waals surface area contributed by atoms with Gasteiger partial charge in [-0.15, -0.1) is 0 Å². The van der Waals surface area contributed by atoms with Gasteiger partial charge < -0.3 is 15.5 Å². The molecule has 0 heterocycles. The van der Waals surface area contributed by atoms with Gasteiger partial charge in [0.1, 0.15) is 5.25 Å². The van der Waals surface area contributed by atoms with E-state index in [4.69, 9.17) is 10.2 Å². The molecule has 0 aromatic carbocycles. The minimum Gasteiger partial charge on any atom is -0.480 e. The molecule has 0 aromatic rings. The molecule has 8 heteroatoms. The van der Waals surface area contributed by atoms with Crippen molar-refractivity contribution in [3.8, 4) is 0 Å². The smallest absolute Gasteiger partial charge is 0.328 e. The second-order valence-electron chi connectivity index (χ2n) is 3.54. The van der Waals surface area contributed by atoms with Crippen LogP contribution in [0.5, 0.6) is 0 Å². The molecular weight excluding hydrogens is 238 g/mol. The highest BCUT2D eigenvalue weighted by molar-refractivity contribution is 7.92. The fourth-order valence-electron chi connectivity index (χ4n) is 0.854. The molecule has 0 saturated heterocycles. The van der Waals surface area contributed by atoms with Crippen LogP contribution in [0.25, 0.3) is 0 Å². The van der Waals surface area contributed by atoms with Crippen LogP contribution in [-0.2, 0) is 19.4 Å². The predicted octanol–water partition coefficient (Wildman–Crippen LogP) is -1.63. The minimum absolute atomic E-state index is 0.870. The lowest BCUT2D eigenvalue weighted by Gasteiger charge is -2.18. The topological polar surface area (TPSA) is 121 Å². The normalized spacial score (nSPS) is 17.2. The van der Waals surface area contributed by atoms with E-state index in [-0.39, 0.29) is 0 Å². The van der Waals surface area contributed by atoms with E-state index >= 15 is 0 Å². The number of carboxylic acids is 1. The summed E-state index contributed by atoms with van der Waals surface area (Å²) in [5, 5.41) is 18.3. The number of carbonyl (C=O) groups excluding carboxylic acids is 1. The molecule has 94 valence electrons. The lowest BCUT2D eigenvalue weighted by Crippen LogP contribution is -2.51. The molecule has 0 fully saturated rings. The van der Waals surface area contributed by atoms with Crippen LogP contribution in [0.1, 0.15) is 13.8 Å². The fraction of sp³-hybridized carbons (Fsp3) is 0.750. The molecule has 7 nitrogen and oxygen atoms in total. The summed E-state index contributed by atoms with van der Waals surface area (Å²) in [6.07, 6.45) is -0.441. The van der Waals surface area contributed by atoms with Crippen molar-refractivity contribution >= 4 is 21.7 Å². The lowest BCUT2D eigenvalue weighted by molar-refractivity contribution is -0.144. The summed E-state index contributed by atoms with van der Waals surface area (Å²) in [6.45, 7) is 2.33.